The van der Waals surface area contributed by atoms with Gasteiger partial charge in [-0.05, 0) is 60.8 Å². The summed E-state index contributed by atoms with van der Waals surface area (Å²) in [7, 11) is 0. The molecule has 7 nitrogen and oxygen atoms in total. The van der Waals surface area contributed by atoms with Crippen molar-refractivity contribution < 1.29 is 23.9 Å². The maximum absolute atomic E-state index is 13.0. The maximum atomic E-state index is 13.0. The number of amides is 2. The number of carbonyl (C=O) groups excluding carboxylic acids is 2. The van der Waals surface area contributed by atoms with Crippen LogP contribution in [0.3, 0.4) is 0 Å². The lowest BCUT2D eigenvalue weighted by atomic mass is 10.1. The van der Waals surface area contributed by atoms with E-state index in [0.717, 1.165) is 0 Å². The van der Waals surface area contributed by atoms with Crippen LogP contribution >= 0.6 is 23.8 Å². The maximum Gasteiger partial charge on any atom is 0.335 e. The molecule has 31 heavy (non-hydrogen) atoms. The lowest BCUT2D eigenvalue weighted by Gasteiger charge is -2.28. The van der Waals surface area contributed by atoms with Gasteiger partial charge in [-0.3, -0.25) is 19.8 Å². The molecule has 0 bridgehead atoms. The lowest BCUT2D eigenvalue weighted by Crippen LogP contribution is -2.54. The minimum absolute atomic E-state index is 0.0178. The standard InChI is InChI=1S/C22H13ClN2O5S/c23-17-8-6-12(21(28)29)10-15(17)18-9-7-14(30-18)11-16-19(26)24-22(31)25(20(16)27)13-4-2-1-3-5-13/h1-11H,(H,28,29)(H,24,26,31). The van der Waals surface area contributed by atoms with Crippen molar-refractivity contribution in [2.45, 2.75) is 0 Å². The summed E-state index contributed by atoms with van der Waals surface area (Å²) in [5.74, 6) is -1.84. The zero-order valence-corrected chi connectivity index (χ0v) is 17.2. The summed E-state index contributed by atoms with van der Waals surface area (Å²) in [4.78, 5) is 37.8. The smallest absolute Gasteiger partial charge is 0.335 e. The molecule has 9 heteroatoms. The molecule has 0 unspecified atom stereocenters. The largest absolute Gasteiger partial charge is 0.478 e. The van der Waals surface area contributed by atoms with Gasteiger partial charge in [-0.25, -0.2) is 4.79 Å². The van der Waals surface area contributed by atoms with Gasteiger partial charge in [-0.1, -0.05) is 29.8 Å². The highest BCUT2D eigenvalue weighted by Crippen LogP contribution is 2.31. The Bertz CT molecular complexity index is 1270. The molecule has 0 atom stereocenters. The molecule has 3 aromatic rings. The molecule has 4 rings (SSSR count). The second-order valence-electron chi connectivity index (χ2n) is 6.50. The van der Waals surface area contributed by atoms with Gasteiger partial charge in [0, 0.05) is 5.56 Å². The fraction of sp³-hybridized carbons (Fsp3) is 0. The van der Waals surface area contributed by atoms with E-state index in [2.05, 4.69) is 5.32 Å². The second-order valence-corrected chi connectivity index (χ2v) is 7.29. The Kier molecular flexibility index (Phi) is 5.41. The Morgan fingerprint density at radius 2 is 1.84 bits per heavy atom. The summed E-state index contributed by atoms with van der Waals surface area (Å²) in [6.07, 6.45) is 1.30. The van der Waals surface area contributed by atoms with Crippen LogP contribution in [0.15, 0.2) is 70.7 Å². The molecule has 2 N–H and O–H groups in total. The van der Waals surface area contributed by atoms with E-state index in [1.54, 1.807) is 42.5 Å². The van der Waals surface area contributed by atoms with Gasteiger partial charge in [0.1, 0.15) is 17.1 Å². The molecule has 1 saturated heterocycles. The van der Waals surface area contributed by atoms with Crippen LogP contribution in [0.1, 0.15) is 16.1 Å². The number of aromatic carboxylic acids is 1. The summed E-state index contributed by atoms with van der Waals surface area (Å²) in [5, 5.41) is 12.0. The number of furan rings is 1. The van der Waals surface area contributed by atoms with E-state index in [9.17, 15) is 19.5 Å². The molecule has 2 heterocycles. The topological polar surface area (TPSA) is 99.9 Å². The number of hydrogen-bond acceptors (Lipinski definition) is 5. The number of carboxylic acid groups (broad SMARTS) is 1. The van der Waals surface area contributed by atoms with Crippen LogP contribution in [0.25, 0.3) is 17.4 Å². The molecule has 2 aromatic carbocycles. The predicted molar refractivity (Wildman–Crippen MR) is 119 cm³/mol. The quantitative estimate of drug-likeness (QED) is 0.351. The first kappa shape index (κ1) is 20.5. The predicted octanol–water partition coefficient (Wildman–Crippen LogP) is 4.13. The molecule has 1 aromatic heterocycles. The normalized spacial score (nSPS) is 15.3. The van der Waals surface area contributed by atoms with E-state index in [4.69, 9.17) is 28.2 Å². The highest BCUT2D eigenvalue weighted by atomic mass is 35.5. The summed E-state index contributed by atoms with van der Waals surface area (Å²) in [5.41, 5.74) is 0.770. The summed E-state index contributed by atoms with van der Waals surface area (Å²) < 4.78 is 5.72. The van der Waals surface area contributed by atoms with Crippen LogP contribution in [0.2, 0.25) is 5.02 Å². The highest BCUT2D eigenvalue weighted by Gasteiger charge is 2.34. The lowest BCUT2D eigenvalue weighted by molar-refractivity contribution is -0.122. The van der Waals surface area contributed by atoms with Gasteiger partial charge in [-0.15, -0.1) is 0 Å². The van der Waals surface area contributed by atoms with E-state index in [0.29, 0.717) is 22.0 Å². The molecule has 0 spiro atoms. The van der Waals surface area contributed by atoms with Crippen LogP contribution in [-0.4, -0.2) is 28.0 Å². The van der Waals surface area contributed by atoms with Gasteiger partial charge in [0.2, 0.25) is 0 Å². The average Bonchev–Trinajstić information content (AvgIpc) is 3.20. The molecule has 154 valence electrons. The first-order valence-corrected chi connectivity index (χ1v) is 9.73. The SMILES string of the molecule is O=C1NC(=S)N(c2ccccc2)C(=O)C1=Cc1ccc(-c2cc(C(=O)O)ccc2Cl)o1. The first-order valence-electron chi connectivity index (χ1n) is 8.94. The van der Waals surface area contributed by atoms with Crippen molar-refractivity contribution in [3.8, 4) is 11.3 Å². The van der Waals surface area contributed by atoms with Gasteiger partial charge >= 0.3 is 5.97 Å². The van der Waals surface area contributed by atoms with E-state index >= 15 is 0 Å². The van der Waals surface area contributed by atoms with Crippen molar-refractivity contribution in [1.82, 2.24) is 5.32 Å². The van der Waals surface area contributed by atoms with Crippen LogP contribution in [0.4, 0.5) is 5.69 Å². The number of benzene rings is 2. The third-order valence-corrected chi connectivity index (χ3v) is 5.12. The molecule has 0 aliphatic carbocycles. The van der Waals surface area contributed by atoms with Crippen LogP contribution in [0, 0.1) is 0 Å². The number of carbonyl (C=O) groups is 3. The summed E-state index contributed by atoms with van der Waals surface area (Å²) in [6, 6.07) is 16.0. The second kappa shape index (κ2) is 8.17. The number of anilines is 1. The number of carboxylic acids is 1. The molecule has 1 fully saturated rings. The van der Waals surface area contributed by atoms with Crippen LogP contribution in [-0.2, 0) is 9.59 Å². The number of para-hydroxylation sites is 1. The van der Waals surface area contributed by atoms with Gasteiger partial charge < -0.3 is 9.52 Å². The third-order valence-electron chi connectivity index (χ3n) is 4.51. The fourth-order valence-electron chi connectivity index (χ4n) is 3.03. The minimum Gasteiger partial charge on any atom is -0.478 e. The van der Waals surface area contributed by atoms with Crippen LogP contribution in [0.5, 0.6) is 0 Å². The van der Waals surface area contributed by atoms with Crippen molar-refractivity contribution in [2.24, 2.45) is 0 Å². The van der Waals surface area contributed by atoms with E-state index in [1.165, 1.54) is 29.2 Å². The van der Waals surface area contributed by atoms with E-state index in [-0.39, 0.29) is 22.0 Å². The van der Waals surface area contributed by atoms with Crippen molar-refractivity contribution in [3.63, 3.8) is 0 Å². The van der Waals surface area contributed by atoms with Crippen molar-refractivity contribution in [2.75, 3.05) is 4.90 Å². The van der Waals surface area contributed by atoms with Crippen molar-refractivity contribution in [3.05, 3.63) is 82.6 Å². The average molecular weight is 453 g/mol. The Labute approximate surface area is 186 Å². The first-order chi connectivity index (χ1) is 14.8. The molecule has 2 amide bonds. The number of hydrogen-bond donors (Lipinski definition) is 2. The van der Waals surface area contributed by atoms with E-state index in [1.807, 2.05) is 0 Å². The van der Waals surface area contributed by atoms with Gasteiger partial charge in [0.25, 0.3) is 11.8 Å². The van der Waals surface area contributed by atoms with Gasteiger partial charge in [0.15, 0.2) is 5.11 Å². The highest BCUT2D eigenvalue weighted by molar-refractivity contribution is 7.80. The van der Waals surface area contributed by atoms with Crippen molar-refractivity contribution in [1.29, 1.82) is 0 Å². The Hall–Kier alpha value is -3.75. The van der Waals surface area contributed by atoms with Gasteiger partial charge in [0.05, 0.1) is 16.3 Å². The molecular formula is C22H13ClN2O5S. The number of nitrogens with one attached hydrogen (secondary N) is 1. The minimum atomic E-state index is -1.10. The van der Waals surface area contributed by atoms with Crippen LogP contribution < -0.4 is 10.2 Å². The third kappa shape index (κ3) is 3.98. The molecular weight excluding hydrogens is 440 g/mol. The zero-order valence-electron chi connectivity index (χ0n) is 15.7. The molecule has 1 aliphatic heterocycles. The number of rotatable bonds is 4. The van der Waals surface area contributed by atoms with Gasteiger partial charge in [-0.2, -0.15) is 0 Å². The Morgan fingerprint density at radius 1 is 1.10 bits per heavy atom. The molecule has 0 radical (unpaired) electrons. The number of thiocarbonyl (C=S) groups is 1. The number of nitrogens with zero attached hydrogens (tertiary/aromatic N) is 1. The zero-order chi connectivity index (χ0) is 22.1. The number of halogens is 1. The fourth-order valence-corrected chi connectivity index (χ4v) is 3.53. The van der Waals surface area contributed by atoms with Crippen molar-refractivity contribution >= 4 is 58.5 Å². The Morgan fingerprint density at radius 3 is 2.55 bits per heavy atom. The monoisotopic (exact) mass is 452 g/mol. The summed E-state index contributed by atoms with van der Waals surface area (Å²) >= 11 is 11.3. The van der Waals surface area contributed by atoms with E-state index < -0.39 is 17.8 Å². The molecule has 0 saturated carbocycles. The summed E-state index contributed by atoms with van der Waals surface area (Å²) in [6.45, 7) is 0. The molecule has 1 aliphatic rings. The Balaban J connectivity index is 1.69.